The van der Waals surface area contributed by atoms with E-state index in [9.17, 15) is 9.59 Å². The fourth-order valence-electron chi connectivity index (χ4n) is 2.55. The van der Waals surface area contributed by atoms with Gasteiger partial charge >= 0.3 is 5.97 Å². The molecule has 2 rings (SSSR count). The van der Waals surface area contributed by atoms with Gasteiger partial charge in [-0.1, -0.05) is 42.5 Å². The summed E-state index contributed by atoms with van der Waals surface area (Å²) >= 11 is 0. The van der Waals surface area contributed by atoms with Gasteiger partial charge in [-0.15, -0.1) is 0 Å². The standard InChI is InChI=1S/C24H31NO8/c25-21-8-4-5-9-22(21)32-18-16-30-14-12-28-10-11-29-13-15-31-17-19-33-24(27)23(26)20-6-2-1-3-7-20/h1-9H,10-19,25H2. The molecule has 0 unspecified atom stereocenters. The molecule has 2 aromatic carbocycles. The molecule has 0 atom stereocenters. The Morgan fingerprint density at radius 2 is 1.09 bits per heavy atom. The lowest BCUT2D eigenvalue weighted by Crippen LogP contribution is -2.20. The maximum atomic E-state index is 11.8. The molecule has 9 heteroatoms. The molecule has 0 fully saturated rings. The number of carbonyl (C=O) groups excluding carboxylic acids is 2. The Labute approximate surface area is 193 Å². The van der Waals surface area contributed by atoms with E-state index in [0.717, 1.165) is 0 Å². The second-order valence-corrected chi connectivity index (χ2v) is 6.67. The van der Waals surface area contributed by atoms with E-state index in [-0.39, 0.29) is 13.2 Å². The second kappa shape index (κ2) is 16.6. The molecule has 0 bridgehead atoms. The minimum Gasteiger partial charge on any atom is -0.489 e. The summed E-state index contributed by atoms with van der Waals surface area (Å²) in [6.07, 6.45) is 0. The summed E-state index contributed by atoms with van der Waals surface area (Å²) in [5.74, 6) is -0.914. The van der Waals surface area contributed by atoms with Gasteiger partial charge in [-0.25, -0.2) is 4.79 Å². The molecule has 2 N–H and O–H groups in total. The molecule has 0 aliphatic carbocycles. The van der Waals surface area contributed by atoms with Gasteiger partial charge in [0.1, 0.15) is 19.0 Å². The highest BCUT2D eigenvalue weighted by atomic mass is 16.6. The minimum atomic E-state index is -0.893. The van der Waals surface area contributed by atoms with Crippen LogP contribution in [-0.4, -0.2) is 77.8 Å². The molecule has 9 nitrogen and oxygen atoms in total. The van der Waals surface area contributed by atoms with Crippen molar-refractivity contribution in [2.75, 3.05) is 71.8 Å². The zero-order chi connectivity index (χ0) is 23.6. The number of para-hydroxylation sites is 2. The Hall–Kier alpha value is -2.98. The molecule has 0 aliphatic rings. The Kier molecular flexibility index (Phi) is 13.2. The lowest BCUT2D eigenvalue weighted by molar-refractivity contribution is -0.139. The third kappa shape index (κ3) is 11.4. The largest absolute Gasteiger partial charge is 0.489 e. The van der Waals surface area contributed by atoms with Crippen molar-refractivity contribution < 1.29 is 38.0 Å². The van der Waals surface area contributed by atoms with Gasteiger partial charge in [0, 0.05) is 5.56 Å². The molecular formula is C24H31NO8. The number of carbonyl (C=O) groups is 2. The van der Waals surface area contributed by atoms with Crippen LogP contribution in [0, 0.1) is 0 Å². The normalized spacial score (nSPS) is 10.7. The molecule has 0 spiro atoms. The number of ether oxygens (including phenoxy) is 6. The summed E-state index contributed by atoms with van der Waals surface area (Å²) < 4.78 is 31.9. The molecule has 0 aromatic heterocycles. The average molecular weight is 462 g/mol. The van der Waals surface area contributed by atoms with E-state index in [2.05, 4.69) is 0 Å². The number of benzene rings is 2. The third-order valence-corrected chi connectivity index (χ3v) is 4.20. The van der Waals surface area contributed by atoms with Gasteiger partial charge in [-0.05, 0) is 12.1 Å². The van der Waals surface area contributed by atoms with Gasteiger partial charge < -0.3 is 34.2 Å². The molecule has 0 aliphatic heterocycles. The second-order valence-electron chi connectivity index (χ2n) is 6.67. The number of rotatable bonds is 18. The van der Waals surface area contributed by atoms with Crippen LogP contribution in [0.3, 0.4) is 0 Å². The van der Waals surface area contributed by atoms with Crippen molar-refractivity contribution in [2.45, 2.75) is 0 Å². The number of anilines is 1. The van der Waals surface area contributed by atoms with E-state index in [1.807, 2.05) is 18.2 Å². The molecule has 0 radical (unpaired) electrons. The van der Waals surface area contributed by atoms with Gasteiger partial charge in [-0.3, -0.25) is 4.79 Å². The lowest BCUT2D eigenvalue weighted by atomic mass is 10.1. The fraction of sp³-hybridized carbons (Fsp3) is 0.417. The van der Waals surface area contributed by atoms with Crippen LogP contribution < -0.4 is 10.5 Å². The number of nitrogens with two attached hydrogens (primary N) is 1. The highest BCUT2D eigenvalue weighted by Gasteiger charge is 2.16. The van der Waals surface area contributed by atoms with Gasteiger partial charge in [-0.2, -0.15) is 0 Å². The first-order valence-electron chi connectivity index (χ1n) is 10.7. The highest BCUT2D eigenvalue weighted by Crippen LogP contribution is 2.19. The van der Waals surface area contributed by atoms with E-state index in [1.165, 1.54) is 0 Å². The van der Waals surface area contributed by atoms with Crippen LogP contribution >= 0.6 is 0 Å². The number of hydrogen-bond donors (Lipinski definition) is 1. The molecule has 180 valence electrons. The first kappa shape index (κ1) is 26.3. The van der Waals surface area contributed by atoms with Crippen molar-refractivity contribution >= 4 is 17.4 Å². The Balaban J connectivity index is 1.31. The van der Waals surface area contributed by atoms with Crippen LogP contribution in [0.4, 0.5) is 5.69 Å². The van der Waals surface area contributed by atoms with E-state index >= 15 is 0 Å². The van der Waals surface area contributed by atoms with Crippen LogP contribution in [0.25, 0.3) is 0 Å². The topological polar surface area (TPSA) is 116 Å². The zero-order valence-electron chi connectivity index (χ0n) is 18.6. The number of nitrogen functional groups attached to an aromatic ring is 1. The average Bonchev–Trinajstić information content (AvgIpc) is 2.84. The van der Waals surface area contributed by atoms with Crippen molar-refractivity contribution in [1.29, 1.82) is 0 Å². The summed E-state index contributed by atoms with van der Waals surface area (Å²) in [6, 6.07) is 15.6. The SMILES string of the molecule is Nc1ccccc1OCCOCCOCCOCCOCCOC(=O)C(=O)c1ccccc1. The number of hydrogen-bond acceptors (Lipinski definition) is 9. The summed E-state index contributed by atoms with van der Waals surface area (Å²) in [5, 5.41) is 0. The van der Waals surface area contributed by atoms with Crippen molar-refractivity contribution in [3.63, 3.8) is 0 Å². The summed E-state index contributed by atoms with van der Waals surface area (Å²) in [6.45, 7) is 3.58. The molecular weight excluding hydrogens is 430 g/mol. The van der Waals surface area contributed by atoms with Crippen LogP contribution in [0.15, 0.2) is 54.6 Å². The molecule has 0 amide bonds. The smallest absolute Gasteiger partial charge is 0.379 e. The molecule has 0 heterocycles. The minimum absolute atomic E-state index is 0.00426. The van der Waals surface area contributed by atoms with E-state index in [1.54, 1.807) is 36.4 Å². The molecule has 33 heavy (non-hydrogen) atoms. The number of ketones is 1. The first-order chi connectivity index (χ1) is 16.2. The zero-order valence-corrected chi connectivity index (χ0v) is 18.6. The Morgan fingerprint density at radius 1 is 0.606 bits per heavy atom. The van der Waals surface area contributed by atoms with Crippen molar-refractivity contribution in [3.05, 3.63) is 60.2 Å². The number of Topliss-reactive ketones (excluding diaryl/α,β-unsaturated/α-hetero) is 1. The summed E-state index contributed by atoms with van der Waals surface area (Å²) in [4.78, 5) is 23.5. The van der Waals surface area contributed by atoms with Crippen LogP contribution in [0.1, 0.15) is 10.4 Å². The summed E-state index contributed by atoms with van der Waals surface area (Å²) in [7, 11) is 0. The van der Waals surface area contributed by atoms with Gasteiger partial charge in [0.05, 0.1) is 58.5 Å². The Morgan fingerprint density at radius 3 is 1.67 bits per heavy atom. The molecule has 0 saturated heterocycles. The maximum Gasteiger partial charge on any atom is 0.379 e. The van der Waals surface area contributed by atoms with Crippen molar-refractivity contribution in [2.24, 2.45) is 0 Å². The predicted molar refractivity (Wildman–Crippen MR) is 121 cm³/mol. The van der Waals surface area contributed by atoms with E-state index < -0.39 is 11.8 Å². The predicted octanol–water partition coefficient (Wildman–Crippen LogP) is 2.14. The van der Waals surface area contributed by atoms with Crippen LogP contribution in [0.2, 0.25) is 0 Å². The van der Waals surface area contributed by atoms with Crippen LogP contribution in [-0.2, 0) is 28.5 Å². The van der Waals surface area contributed by atoms with E-state index in [4.69, 9.17) is 34.2 Å². The maximum absolute atomic E-state index is 11.8. The summed E-state index contributed by atoms with van der Waals surface area (Å²) in [5.41, 5.74) is 6.69. The Bertz CT molecular complexity index is 815. The van der Waals surface area contributed by atoms with Crippen LogP contribution in [0.5, 0.6) is 5.75 Å². The quantitative estimate of drug-likeness (QED) is 0.117. The molecule has 2 aromatic rings. The fourth-order valence-corrected chi connectivity index (χ4v) is 2.55. The van der Waals surface area contributed by atoms with E-state index in [0.29, 0.717) is 69.9 Å². The van der Waals surface area contributed by atoms with Gasteiger partial charge in [0.2, 0.25) is 0 Å². The highest BCUT2D eigenvalue weighted by molar-refractivity contribution is 6.40. The third-order valence-electron chi connectivity index (χ3n) is 4.20. The first-order valence-corrected chi connectivity index (χ1v) is 10.7. The van der Waals surface area contributed by atoms with Gasteiger partial charge in [0.25, 0.3) is 5.78 Å². The molecule has 0 saturated carbocycles. The van der Waals surface area contributed by atoms with Gasteiger partial charge in [0.15, 0.2) is 0 Å². The van der Waals surface area contributed by atoms with Crippen molar-refractivity contribution in [1.82, 2.24) is 0 Å². The lowest BCUT2D eigenvalue weighted by Gasteiger charge is -2.09. The van der Waals surface area contributed by atoms with Crippen molar-refractivity contribution in [3.8, 4) is 5.75 Å². The number of esters is 1. The monoisotopic (exact) mass is 461 g/mol.